The van der Waals surface area contributed by atoms with Gasteiger partial charge >= 0.3 is 11.9 Å². The molecule has 1 heterocycles. The fraction of sp³-hybridized carbons (Fsp3) is 0.263. The highest BCUT2D eigenvalue weighted by atomic mass is 79.9. The molecule has 1 N–H and O–H groups in total. The van der Waals surface area contributed by atoms with Gasteiger partial charge in [-0.25, -0.2) is 9.59 Å². The zero-order valence-corrected chi connectivity index (χ0v) is 15.2. The Morgan fingerprint density at radius 2 is 1.35 bits per heavy atom. The molecule has 1 unspecified atom stereocenters. The fourth-order valence-corrected chi connectivity index (χ4v) is 3.31. The maximum atomic E-state index is 12.4. The zero-order valence-electron chi connectivity index (χ0n) is 13.7. The lowest BCUT2D eigenvalue weighted by Gasteiger charge is -2.22. The molecule has 1 saturated heterocycles. The molecule has 0 aliphatic carbocycles. The second kappa shape index (κ2) is 8.44. The van der Waals surface area contributed by atoms with Crippen molar-refractivity contribution in [3.63, 3.8) is 0 Å². The van der Waals surface area contributed by atoms with Crippen molar-refractivity contribution < 1.29 is 28.9 Å². The summed E-state index contributed by atoms with van der Waals surface area (Å²) in [5.74, 6) is -1.15. The van der Waals surface area contributed by atoms with E-state index >= 15 is 0 Å². The molecule has 3 rings (SSSR count). The van der Waals surface area contributed by atoms with Crippen LogP contribution >= 0.6 is 15.9 Å². The van der Waals surface area contributed by atoms with Crippen molar-refractivity contribution in [3.05, 3.63) is 71.8 Å². The molecule has 6 nitrogen and oxygen atoms in total. The van der Waals surface area contributed by atoms with Crippen molar-refractivity contribution in [2.45, 2.75) is 23.3 Å². The first-order chi connectivity index (χ1) is 12.6. The molecule has 2 aromatic carbocycles. The minimum absolute atomic E-state index is 0.357. The molecule has 2 aromatic rings. The fourth-order valence-electron chi connectivity index (χ4n) is 2.62. The van der Waals surface area contributed by atoms with Gasteiger partial charge in [-0.3, -0.25) is 0 Å². The third-order valence-electron chi connectivity index (χ3n) is 3.94. The quantitative estimate of drug-likeness (QED) is 0.591. The molecule has 0 aromatic heterocycles. The Hall–Kier alpha value is -2.22. The molecule has 1 fully saturated rings. The van der Waals surface area contributed by atoms with E-state index in [9.17, 15) is 14.7 Å². The largest absolute Gasteiger partial charge is 0.452 e. The molecule has 0 bridgehead atoms. The zero-order chi connectivity index (χ0) is 18.5. The average Bonchev–Trinajstić information content (AvgIpc) is 2.98. The molecule has 1 aliphatic heterocycles. The first-order valence-electron chi connectivity index (χ1n) is 8.02. The second-order valence-electron chi connectivity index (χ2n) is 5.68. The van der Waals surface area contributed by atoms with Crippen molar-refractivity contribution >= 4 is 27.9 Å². The van der Waals surface area contributed by atoms with E-state index in [2.05, 4.69) is 15.9 Å². The number of carbonyl (C=O) groups is 2. The summed E-state index contributed by atoms with van der Waals surface area (Å²) in [4.78, 5) is 24.7. The van der Waals surface area contributed by atoms with Crippen molar-refractivity contribution in [1.82, 2.24) is 0 Å². The van der Waals surface area contributed by atoms with Crippen molar-refractivity contribution in [3.8, 4) is 0 Å². The Morgan fingerprint density at radius 3 is 1.81 bits per heavy atom. The van der Waals surface area contributed by atoms with Gasteiger partial charge in [0.1, 0.15) is 6.10 Å². The molecule has 7 heteroatoms. The molecule has 136 valence electrons. The summed E-state index contributed by atoms with van der Waals surface area (Å²) in [6, 6.07) is 16.9. The van der Waals surface area contributed by atoms with Gasteiger partial charge in [0.05, 0.1) is 17.7 Å². The van der Waals surface area contributed by atoms with E-state index < -0.39 is 35.3 Å². The molecule has 0 spiro atoms. The predicted octanol–water partition coefficient (Wildman–Crippen LogP) is 2.55. The lowest BCUT2D eigenvalue weighted by atomic mass is 10.1. The van der Waals surface area contributed by atoms with Gasteiger partial charge in [0.2, 0.25) is 0 Å². The van der Waals surface area contributed by atoms with Crippen LogP contribution in [0.4, 0.5) is 0 Å². The molecule has 0 saturated carbocycles. The topological polar surface area (TPSA) is 82.1 Å². The summed E-state index contributed by atoms with van der Waals surface area (Å²) in [5.41, 5.74) is 0.725. The van der Waals surface area contributed by atoms with Gasteiger partial charge < -0.3 is 19.3 Å². The van der Waals surface area contributed by atoms with Crippen LogP contribution in [0.5, 0.6) is 0 Å². The van der Waals surface area contributed by atoms with Crippen LogP contribution in [0, 0.1) is 0 Å². The van der Waals surface area contributed by atoms with Crippen molar-refractivity contribution in [2.75, 3.05) is 6.61 Å². The van der Waals surface area contributed by atoms with E-state index in [1.54, 1.807) is 60.7 Å². The Labute approximate surface area is 158 Å². The summed E-state index contributed by atoms with van der Waals surface area (Å²) in [7, 11) is 0. The number of carbonyl (C=O) groups excluding carboxylic acids is 2. The van der Waals surface area contributed by atoms with Crippen LogP contribution < -0.4 is 0 Å². The molecule has 1 aliphatic rings. The Kier molecular flexibility index (Phi) is 6.03. The predicted molar refractivity (Wildman–Crippen MR) is 96.0 cm³/mol. The highest BCUT2D eigenvalue weighted by molar-refractivity contribution is 9.09. The number of esters is 2. The number of rotatable bonds is 5. The number of halogens is 1. The smallest absolute Gasteiger partial charge is 0.338 e. The first-order valence-corrected chi connectivity index (χ1v) is 8.94. The SMILES string of the molecule is O=C(O[C@H]1[C@H](OC(=O)c2ccccc2)C(Br)O[C@@H]1CO)c1ccccc1. The number of hydrogen-bond donors (Lipinski definition) is 1. The number of hydrogen-bond acceptors (Lipinski definition) is 6. The van der Waals surface area contributed by atoms with E-state index in [-0.39, 0.29) is 6.61 Å². The highest BCUT2D eigenvalue weighted by Crippen LogP contribution is 2.31. The Balaban J connectivity index is 1.76. The lowest BCUT2D eigenvalue weighted by molar-refractivity contribution is -0.0388. The van der Waals surface area contributed by atoms with Crippen LogP contribution in [-0.4, -0.2) is 47.0 Å². The van der Waals surface area contributed by atoms with Crippen LogP contribution in [0.2, 0.25) is 0 Å². The van der Waals surface area contributed by atoms with Gasteiger partial charge in [-0.1, -0.05) is 52.3 Å². The van der Waals surface area contributed by atoms with Crippen LogP contribution in [0.1, 0.15) is 20.7 Å². The van der Waals surface area contributed by atoms with E-state index in [4.69, 9.17) is 14.2 Å². The second-order valence-corrected chi connectivity index (χ2v) is 6.58. The molecule has 26 heavy (non-hydrogen) atoms. The number of benzene rings is 2. The molecular weight excluding hydrogens is 404 g/mol. The normalized spacial score (nSPS) is 24.8. The number of ether oxygens (including phenoxy) is 3. The Bertz CT molecular complexity index is 751. The van der Waals surface area contributed by atoms with Crippen LogP contribution in [-0.2, 0) is 14.2 Å². The Morgan fingerprint density at radius 1 is 0.885 bits per heavy atom. The van der Waals surface area contributed by atoms with Crippen molar-refractivity contribution in [1.29, 1.82) is 0 Å². The van der Waals surface area contributed by atoms with Gasteiger partial charge in [0.25, 0.3) is 0 Å². The third kappa shape index (κ3) is 4.12. The summed E-state index contributed by atoms with van der Waals surface area (Å²) >= 11 is 3.27. The minimum atomic E-state index is -0.940. The average molecular weight is 421 g/mol. The number of aliphatic hydroxyl groups is 1. The maximum absolute atomic E-state index is 12.4. The summed E-state index contributed by atoms with van der Waals surface area (Å²) in [6.07, 6.45) is -2.64. The van der Waals surface area contributed by atoms with E-state index in [0.717, 1.165) is 0 Å². The molecule has 0 amide bonds. The highest BCUT2D eigenvalue weighted by Gasteiger charge is 2.48. The van der Waals surface area contributed by atoms with Crippen LogP contribution in [0.15, 0.2) is 60.7 Å². The van der Waals surface area contributed by atoms with E-state index in [0.29, 0.717) is 11.1 Å². The van der Waals surface area contributed by atoms with E-state index in [1.165, 1.54) is 0 Å². The van der Waals surface area contributed by atoms with Gasteiger partial charge in [-0.05, 0) is 24.3 Å². The summed E-state index contributed by atoms with van der Waals surface area (Å²) in [5, 5.41) is 8.82. The monoisotopic (exact) mass is 420 g/mol. The van der Waals surface area contributed by atoms with E-state index in [1.807, 2.05) is 0 Å². The van der Waals surface area contributed by atoms with Gasteiger partial charge in [0.15, 0.2) is 17.2 Å². The van der Waals surface area contributed by atoms with Crippen LogP contribution in [0.3, 0.4) is 0 Å². The van der Waals surface area contributed by atoms with Gasteiger partial charge in [-0.15, -0.1) is 0 Å². The maximum Gasteiger partial charge on any atom is 0.338 e. The molecule has 4 atom stereocenters. The van der Waals surface area contributed by atoms with Gasteiger partial charge in [-0.2, -0.15) is 0 Å². The lowest BCUT2D eigenvalue weighted by Crippen LogP contribution is -2.40. The van der Waals surface area contributed by atoms with Gasteiger partial charge in [0, 0.05) is 0 Å². The summed E-state index contributed by atoms with van der Waals surface area (Å²) < 4.78 is 16.5. The third-order valence-corrected chi connectivity index (χ3v) is 4.68. The number of alkyl halides is 1. The number of aliphatic hydroxyl groups excluding tert-OH is 1. The minimum Gasteiger partial charge on any atom is -0.452 e. The van der Waals surface area contributed by atoms with Crippen molar-refractivity contribution in [2.24, 2.45) is 0 Å². The standard InChI is InChI=1S/C19H17BrO6/c20-17-16(26-19(23)13-9-5-2-6-10-13)15(14(11-21)24-17)25-18(22)12-7-3-1-4-8-12/h1-10,14-17,21H,11H2/t14-,15-,16+,17?/m1/s1. The first kappa shape index (κ1) is 18.6. The van der Waals surface area contributed by atoms with Crippen LogP contribution in [0.25, 0.3) is 0 Å². The molecule has 0 radical (unpaired) electrons. The summed E-state index contributed by atoms with van der Waals surface area (Å²) in [6.45, 7) is -0.381. The molecular formula is C19H17BrO6.